The summed E-state index contributed by atoms with van der Waals surface area (Å²) in [6, 6.07) is 0. The minimum absolute atomic E-state index is 0.0833. The smallest absolute Gasteiger partial charge is 0.179 e. The van der Waals surface area contributed by atoms with E-state index in [1.165, 1.54) is 6.42 Å². The number of rotatable bonds is 2. The van der Waals surface area contributed by atoms with Crippen LogP contribution in [0.15, 0.2) is 0 Å². The van der Waals surface area contributed by atoms with E-state index in [1.807, 2.05) is 6.92 Å². The van der Waals surface area contributed by atoms with Crippen molar-refractivity contribution in [1.82, 2.24) is 0 Å². The number of hydrogen-bond donors (Lipinski definition) is 0. The fourth-order valence-corrected chi connectivity index (χ4v) is 4.72. The zero-order valence-corrected chi connectivity index (χ0v) is 8.94. The highest BCUT2D eigenvalue weighted by Crippen LogP contribution is 2.67. The Balaban J connectivity index is 1.81. The first-order valence-corrected chi connectivity index (χ1v) is 6.12. The molecule has 1 aliphatic heterocycles. The maximum atomic E-state index is 12.1. The molecule has 15 heavy (non-hydrogen) atoms. The van der Waals surface area contributed by atoms with Gasteiger partial charge in [-0.2, -0.15) is 0 Å². The van der Waals surface area contributed by atoms with Crippen LogP contribution in [0.4, 0.5) is 0 Å². The van der Waals surface area contributed by atoms with Gasteiger partial charge in [-0.3, -0.25) is 4.79 Å². The van der Waals surface area contributed by atoms with Crippen LogP contribution >= 0.6 is 0 Å². The van der Waals surface area contributed by atoms with Crippen LogP contribution in [0.2, 0.25) is 0 Å². The number of ketones is 1. The second kappa shape index (κ2) is 2.46. The lowest BCUT2D eigenvalue weighted by atomic mass is 9.80. The van der Waals surface area contributed by atoms with Crippen LogP contribution in [-0.2, 0) is 14.3 Å². The largest absolute Gasteiger partial charge is 0.349 e. The molecule has 2 bridgehead atoms. The summed E-state index contributed by atoms with van der Waals surface area (Å²) in [6.07, 6.45) is 3.50. The molecule has 3 saturated carbocycles. The topological polar surface area (TPSA) is 35.5 Å². The van der Waals surface area contributed by atoms with Gasteiger partial charge in [0.05, 0.1) is 12.0 Å². The number of carbonyl (C=O) groups excluding carboxylic acids is 1. The Hall–Kier alpha value is -0.410. The van der Waals surface area contributed by atoms with E-state index in [0.29, 0.717) is 30.3 Å². The Bertz CT molecular complexity index is 340. The molecule has 0 radical (unpaired) electrons. The Labute approximate surface area is 89.1 Å². The quantitative estimate of drug-likeness (QED) is 0.687. The summed E-state index contributed by atoms with van der Waals surface area (Å²) >= 11 is 0. The van der Waals surface area contributed by atoms with Gasteiger partial charge in [0.1, 0.15) is 5.78 Å². The molecule has 3 aliphatic carbocycles. The molecule has 4 fully saturated rings. The highest BCUT2D eigenvalue weighted by Gasteiger charge is 2.75. The van der Waals surface area contributed by atoms with Gasteiger partial charge >= 0.3 is 0 Å². The first-order valence-electron chi connectivity index (χ1n) is 6.12. The van der Waals surface area contributed by atoms with Crippen LogP contribution < -0.4 is 0 Å². The minimum atomic E-state index is -0.497. The standard InChI is InChI=1S/C12H16O3/c1-2-14-12-5-7-6-3-4-8(15-12)9(6)10(12)11(7)13/h6-10H,2-5H2,1H3/t6-,7+,8-,9+,10-,12+/m0/s1. The first kappa shape index (κ1) is 8.71. The Morgan fingerprint density at radius 2 is 2.40 bits per heavy atom. The van der Waals surface area contributed by atoms with E-state index in [0.717, 1.165) is 12.8 Å². The number of ether oxygens (including phenoxy) is 2. The summed E-state index contributed by atoms with van der Waals surface area (Å²) in [5.41, 5.74) is 0. The number of carbonyl (C=O) groups is 1. The maximum absolute atomic E-state index is 12.1. The summed E-state index contributed by atoms with van der Waals surface area (Å²) in [5, 5.41) is 0. The van der Waals surface area contributed by atoms with Gasteiger partial charge in [0.15, 0.2) is 5.79 Å². The Morgan fingerprint density at radius 1 is 1.53 bits per heavy atom. The molecule has 0 spiro atoms. The molecule has 6 atom stereocenters. The summed E-state index contributed by atoms with van der Waals surface area (Å²) in [6.45, 7) is 2.64. The van der Waals surface area contributed by atoms with Crippen molar-refractivity contribution in [3.8, 4) is 0 Å². The SMILES string of the molecule is CCO[C@@]12C[C@H]3C(=O)[C@@H]1[C@@H]1[C@H]3CC[C@@H]1O2. The van der Waals surface area contributed by atoms with Crippen LogP contribution in [0.3, 0.4) is 0 Å². The lowest BCUT2D eigenvalue weighted by Crippen LogP contribution is -2.40. The van der Waals surface area contributed by atoms with Crippen molar-refractivity contribution in [3.63, 3.8) is 0 Å². The lowest BCUT2D eigenvalue weighted by Gasteiger charge is -2.33. The second-order valence-electron chi connectivity index (χ2n) is 5.41. The van der Waals surface area contributed by atoms with E-state index in [2.05, 4.69) is 0 Å². The van der Waals surface area contributed by atoms with E-state index < -0.39 is 5.79 Å². The molecule has 82 valence electrons. The van der Waals surface area contributed by atoms with Gasteiger partial charge in [-0.25, -0.2) is 0 Å². The molecule has 0 aromatic heterocycles. The van der Waals surface area contributed by atoms with Crippen molar-refractivity contribution in [2.24, 2.45) is 23.7 Å². The molecule has 0 N–H and O–H groups in total. The predicted molar refractivity (Wildman–Crippen MR) is 52.0 cm³/mol. The molecule has 3 heteroatoms. The average Bonchev–Trinajstić information content (AvgIpc) is 2.79. The number of hydrogen-bond acceptors (Lipinski definition) is 3. The highest BCUT2D eigenvalue weighted by molar-refractivity contribution is 5.90. The van der Waals surface area contributed by atoms with Crippen LogP contribution in [0.5, 0.6) is 0 Å². The molecule has 0 aromatic carbocycles. The van der Waals surface area contributed by atoms with Crippen LogP contribution in [0.25, 0.3) is 0 Å². The van der Waals surface area contributed by atoms with Crippen LogP contribution in [0, 0.1) is 23.7 Å². The third kappa shape index (κ3) is 0.773. The van der Waals surface area contributed by atoms with E-state index in [1.54, 1.807) is 0 Å². The zero-order valence-electron chi connectivity index (χ0n) is 8.94. The van der Waals surface area contributed by atoms with Crippen molar-refractivity contribution in [1.29, 1.82) is 0 Å². The highest BCUT2D eigenvalue weighted by atomic mass is 16.7. The fraction of sp³-hybridized carbons (Fsp3) is 0.917. The lowest BCUT2D eigenvalue weighted by molar-refractivity contribution is -0.238. The molecule has 1 heterocycles. The Kier molecular flexibility index (Phi) is 1.43. The minimum Gasteiger partial charge on any atom is -0.349 e. The van der Waals surface area contributed by atoms with E-state index in [9.17, 15) is 4.79 Å². The van der Waals surface area contributed by atoms with E-state index >= 15 is 0 Å². The van der Waals surface area contributed by atoms with Crippen molar-refractivity contribution < 1.29 is 14.3 Å². The number of fused-ring (bicyclic) bond motifs is 2. The molecular formula is C12H16O3. The third-order valence-electron chi connectivity index (χ3n) is 5.00. The normalized spacial score (nSPS) is 59.5. The van der Waals surface area contributed by atoms with Crippen LogP contribution in [-0.4, -0.2) is 24.3 Å². The molecule has 0 aromatic rings. The van der Waals surface area contributed by atoms with Gasteiger partial charge in [0, 0.05) is 24.9 Å². The monoisotopic (exact) mass is 208 g/mol. The molecular weight excluding hydrogens is 192 g/mol. The van der Waals surface area contributed by atoms with Gasteiger partial charge in [-0.05, 0) is 25.7 Å². The van der Waals surface area contributed by atoms with Crippen molar-refractivity contribution in [2.45, 2.75) is 38.1 Å². The van der Waals surface area contributed by atoms with E-state index in [-0.39, 0.29) is 11.8 Å². The maximum Gasteiger partial charge on any atom is 0.179 e. The Morgan fingerprint density at radius 3 is 3.20 bits per heavy atom. The van der Waals surface area contributed by atoms with Gasteiger partial charge < -0.3 is 9.47 Å². The molecule has 0 amide bonds. The van der Waals surface area contributed by atoms with Gasteiger partial charge in [0.25, 0.3) is 0 Å². The summed E-state index contributed by atoms with van der Waals surface area (Å²) < 4.78 is 11.9. The summed E-state index contributed by atoms with van der Waals surface area (Å²) in [7, 11) is 0. The molecule has 0 unspecified atom stereocenters. The molecule has 4 aliphatic rings. The molecule has 1 saturated heterocycles. The van der Waals surface area contributed by atoms with Gasteiger partial charge in [-0.1, -0.05) is 0 Å². The fourth-order valence-electron chi connectivity index (χ4n) is 4.72. The summed E-state index contributed by atoms with van der Waals surface area (Å²) in [5.74, 6) is 1.42. The second-order valence-corrected chi connectivity index (χ2v) is 5.41. The van der Waals surface area contributed by atoms with Gasteiger partial charge in [-0.15, -0.1) is 0 Å². The van der Waals surface area contributed by atoms with Crippen molar-refractivity contribution in [2.75, 3.05) is 6.61 Å². The van der Waals surface area contributed by atoms with E-state index in [4.69, 9.17) is 9.47 Å². The third-order valence-corrected chi connectivity index (χ3v) is 5.00. The molecule has 3 nitrogen and oxygen atoms in total. The van der Waals surface area contributed by atoms with Crippen LogP contribution in [0.1, 0.15) is 26.2 Å². The molecule has 4 rings (SSSR count). The van der Waals surface area contributed by atoms with Gasteiger partial charge in [0.2, 0.25) is 0 Å². The van der Waals surface area contributed by atoms with Crippen molar-refractivity contribution in [3.05, 3.63) is 0 Å². The summed E-state index contributed by atoms with van der Waals surface area (Å²) in [4.78, 5) is 12.1. The number of Topliss-reactive ketones (excluding diaryl/α,β-unsaturated/α-hetero) is 1. The first-order chi connectivity index (χ1) is 7.27. The average molecular weight is 208 g/mol. The predicted octanol–water partition coefficient (Wildman–Crippen LogP) is 1.36. The zero-order chi connectivity index (χ0) is 10.2. The van der Waals surface area contributed by atoms with Crippen molar-refractivity contribution >= 4 is 5.78 Å².